The van der Waals surface area contributed by atoms with E-state index in [0.717, 1.165) is 23.5 Å². The number of para-hydroxylation sites is 2. The van der Waals surface area contributed by atoms with Crippen LogP contribution in [0.5, 0.6) is 5.75 Å². The zero-order valence-electron chi connectivity index (χ0n) is 16.8. The maximum absolute atomic E-state index is 12.8. The number of benzene rings is 2. The monoisotopic (exact) mass is 391 g/mol. The summed E-state index contributed by atoms with van der Waals surface area (Å²) in [4.78, 5) is 30.8. The summed E-state index contributed by atoms with van der Waals surface area (Å²) in [7, 11) is 1.75. The van der Waals surface area contributed by atoms with Crippen molar-refractivity contribution in [2.45, 2.75) is 13.0 Å². The van der Waals surface area contributed by atoms with Crippen LogP contribution in [0.2, 0.25) is 0 Å². The number of likely N-dealkylation sites (N-methyl/N-ethyl adjacent to an activating group) is 2. The third-order valence-corrected chi connectivity index (χ3v) is 5.54. The van der Waals surface area contributed by atoms with Gasteiger partial charge >= 0.3 is 0 Å². The largest absolute Gasteiger partial charge is 0.485 e. The van der Waals surface area contributed by atoms with Gasteiger partial charge in [0.15, 0.2) is 0 Å². The number of nitrogens with zero attached hydrogens (tertiary/aromatic N) is 3. The van der Waals surface area contributed by atoms with Crippen LogP contribution >= 0.6 is 0 Å². The molecular formula is C23H25N3O3. The van der Waals surface area contributed by atoms with E-state index in [9.17, 15) is 9.59 Å². The van der Waals surface area contributed by atoms with Gasteiger partial charge in [0.2, 0.25) is 5.91 Å². The van der Waals surface area contributed by atoms with E-state index in [-0.39, 0.29) is 24.5 Å². The van der Waals surface area contributed by atoms with Crippen LogP contribution < -0.4 is 9.64 Å². The third-order valence-electron chi connectivity index (χ3n) is 5.54. The Kier molecular flexibility index (Phi) is 5.01. The lowest BCUT2D eigenvalue weighted by atomic mass is 10.1. The first-order chi connectivity index (χ1) is 14.0. The minimum absolute atomic E-state index is 0.0242. The summed E-state index contributed by atoms with van der Waals surface area (Å²) in [6.07, 6.45) is -0.131. The molecule has 2 amide bonds. The number of amides is 2. The molecule has 6 heteroatoms. The molecule has 0 bridgehead atoms. The molecule has 1 unspecified atom stereocenters. The molecule has 4 rings (SSSR count). The van der Waals surface area contributed by atoms with Crippen molar-refractivity contribution < 1.29 is 14.3 Å². The van der Waals surface area contributed by atoms with Gasteiger partial charge in [0, 0.05) is 30.4 Å². The number of carbonyl (C=O) groups excluding carboxylic acids is 2. The maximum atomic E-state index is 12.8. The van der Waals surface area contributed by atoms with Gasteiger partial charge in [-0.05, 0) is 25.1 Å². The van der Waals surface area contributed by atoms with Crippen LogP contribution in [-0.2, 0) is 4.79 Å². The molecule has 0 saturated heterocycles. The normalized spacial score (nSPS) is 17.7. The zero-order valence-corrected chi connectivity index (χ0v) is 16.8. The van der Waals surface area contributed by atoms with E-state index in [1.807, 2.05) is 42.5 Å². The van der Waals surface area contributed by atoms with Crippen LogP contribution in [-0.4, -0.2) is 60.9 Å². The molecule has 0 radical (unpaired) electrons. The molecule has 0 fully saturated rings. The molecule has 2 aliphatic rings. The Bertz CT molecular complexity index is 936. The van der Waals surface area contributed by atoms with Gasteiger partial charge in [0.25, 0.3) is 5.91 Å². The Labute approximate surface area is 171 Å². The highest BCUT2D eigenvalue weighted by atomic mass is 16.5. The average molecular weight is 391 g/mol. The summed E-state index contributed by atoms with van der Waals surface area (Å²) in [5, 5.41) is 0. The van der Waals surface area contributed by atoms with E-state index in [1.165, 1.54) is 4.90 Å². The highest BCUT2D eigenvalue weighted by Crippen LogP contribution is 2.33. The summed E-state index contributed by atoms with van der Waals surface area (Å²) < 4.78 is 6.11. The van der Waals surface area contributed by atoms with Gasteiger partial charge < -0.3 is 14.5 Å². The predicted octanol–water partition coefficient (Wildman–Crippen LogP) is 2.86. The summed E-state index contributed by atoms with van der Waals surface area (Å²) in [5.74, 6) is 0.523. The van der Waals surface area contributed by atoms with E-state index in [4.69, 9.17) is 4.74 Å². The van der Waals surface area contributed by atoms with Crippen molar-refractivity contribution in [3.63, 3.8) is 0 Å². The Morgan fingerprint density at radius 2 is 1.86 bits per heavy atom. The number of carbonyl (C=O) groups is 2. The molecule has 29 heavy (non-hydrogen) atoms. The van der Waals surface area contributed by atoms with E-state index < -0.39 is 0 Å². The van der Waals surface area contributed by atoms with Crippen molar-refractivity contribution in [1.82, 2.24) is 9.80 Å². The van der Waals surface area contributed by atoms with Crippen LogP contribution in [0.15, 0.2) is 55.1 Å². The van der Waals surface area contributed by atoms with Gasteiger partial charge in [-0.1, -0.05) is 36.9 Å². The molecule has 2 aliphatic heterocycles. The topological polar surface area (TPSA) is 53.1 Å². The second-order valence-electron chi connectivity index (χ2n) is 7.40. The van der Waals surface area contributed by atoms with Gasteiger partial charge in [-0.25, -0.2) is 0 Å². The summed E-state index contributed by atoms with van der Waals surface area (Å²) in [6.45, 7) is 8.12. The molecule has 1 atom stereocenters. The molecular weight excluding hydrogens is 366 g/mol. The summed E-state index contributed by atoms with van der Waals surface area (Å²) in [5.41, 5.74) is 3.04. The van der Waals surface area contributed by atoms with Crippen molar-refractivity contribution in [3.8, 4) is 5.75 Å². The number of ether oxygens (including phenoxy) is 1. The van der Waals surface area contributed by atoms with E-state index >= 15 is 0 Å². The van der Waals surface area contributed by atoms with Crippen LogP contribution in [0.3, 0.4) is 0 Å². The number of rotatable bonds is 5. The average Bonchev–Trinajstić information content (AvgIpc) is 2.98. The van der Waals surface area contributed by atoms with Gasteiger partial charge in [-0.2, -0.15) is 0 Å². The Morgan fingerprint density at radius 1 is 1.17 bits per heavy atom. The maximum Gasteiger partial charge on any atom is 0.259 e. The number of fused-ring (bicyclic) bond motifs is 2. The van der Waals surface area contributed by atoms with Crippen molar-refractivity contribution in [1.29, 1.82) is 0 Å². The van der Waals surface area contributed by atoms with Crippen LogP contribution in [0.25, 0.3) is 5.70 Å². The van der Waals surface area contributed by atoms with Crippen molar-refractivity contribution in [2.75, 3.05) is 38.1 Å². The standard InChI is InChI=1S/C23H25N3O3/c1-4-25-14-17(29-21-12-8-7-11-20(21)25)13-24(3)22(27)15-26-16(2)18-9-5-6-10-19(18)23(26)28/h5-12,17H,2,4,13-15H2,1,3H3. The Balaban J connectivity index is 1.41. The zero-order chi connectivity index (χ0) is 20.5. The van der Waals surface area contributed by atoms with E-state index in [1.54, 1.807) is 18.0 Å². The Morgan fingerprint density at radius 3 is 2.59 bits per heavy atom. The molecule has 2 aromatic rings. The molecule has 2 heterocycles. The first kappa shape index (κ1) is 19.1. The van der Waals surface area contributed by atoms with Crippen LogP contribution in [0.1, 0.15) is 22.8 Å². The minimum Gasteiger partial charge on any atom is -0.485 e. The SMILES string of the molecule is C=C1c2ccccc2C(=O)N1CC(=O)N(C)CC1CN(CC)c2ccccc2O1. The second-order valence-corrected chi connectivity index (χ2v) is 7.40. The van der Waals surface area contributed by atoms with Gasteiger partial charge in [0.05, 0.1) is 18.8 Å². The fourth-order valence-electron chi connectivity index (χ4n) is 3.94. The van der Waals surface area contributed by atoms with Crippen molar-refractivity contribution in [3.05, 3.63) is 66.2 Å². The summed E-state index contributed by atoms with van der Waals surface area (Å²) >= 11 is 0. The highest BCUT2D eigenvalue weighted by Gasteiger charge is 2.33. The van der Waals surface area contributed by atoms with Gasteiger partial charge in [-0.3, -0.25) is 14.5 Å². The Hall–Kier alpha value is -3.28. The number of anilines is 1. The fourth-order valence-corrected chi connectivity index (χ4v) is 3.94. The number of hydrogen-bond acceptors (Lipinski definition) is 4. The lowest BCUT2D eigenvalue weighted by Gasteiger charge is -2.37. The highest BCUT2D eigenvalue weighted by molar-refractivity contribution is 6.10. The molecule has 0 aliphatic carbocycles. The van der Waals surface area contributed by atoms with E-state index in [0.29, 0.717) is 24.4 Å². The quantitative estimate of drug-likeness (QED) is 0.787. The smallest absolute Gasteiger partial charge is 0.259 e. The molecule has 0 aromatic heterocycles. The molecule has 150 valence electrons. The van der Waals surface area contributed by atoms with Crippen LogP contribution in [0.4, 0.5) is 5.69 Å². The van der Waals surface area contributed by atoms with Crippen molar-refractivity contribution in [2.24, 2.45) is 0 Å². The second kappa shape index (κ2) is 7.62. The van der Waals surface area contributed by atoms with Crippen molar-refractivity contribution >= 4 is 23.2 Å². The van der Waals surface area contributed by atoms with E-state index in [2.05, 4.69) is 18.4 Å². The summed E-state index contributed by atoms with van der Waals surface area (Å²) in [6, 6.07) is 15.3. The van der Waals surface area contributed by atoms with Gasteiger partial charge in [-0.15, -0.1) is 0 Å². The lowest BCUT2D eigenvalue weighted by molar-refractivity contribution is -0.131. The molecule has 0 N–H and O–H groups in total. The predicted molar refractivity (Wildman–Crippen MR) is 113 cm³/mol. The first-order valence-corrected chi connectivity index (χ1v) is 9.84. The minimum atomic E-state index is -0.174. The molecule has 0 spiro atoms. The molecule has 6 nitrogen and oxygen atoms in total. The van der Waals surface area contributed by atoms with Crippen LogP contribution in [0, 0.1) is 0 Å². The van der Waals surface area contributed by atoms with Gasteiger partial charge in [0.1, 0.15) is 18.4 Å². The fraction of sp³-hybridized carbons (Fsp3) is 0.304. The number of hydrogen-bond donors (Lipinski definition) is 0. The third kappa shape index (κ3) is 3.46. The lowest BCUT2D eigenvalue weighted by Crippen LogP contribution is -2.48. The molecule has 2 aromatic carbocycles. The molecule has 0 saturated carbocycles. The first-order valence-electron chi connectivity index (χ1n) is 9.84.